The second kappa shape index (κ2) is 59.6. The molecule has 23 heteroatoms. The van der Waals surface area contributed by atoms with E-state index in [1.807, 2.05) is 0 Å². The highest BCUT2D eigenvalue weighted by molar-refractivity contribution is 4.84. The maximum Gasteiger partial charge on any atom is 0.110 e. The van der Waals surface area contributed by atoms with Crippen molar-refractivity contribution in [2.24, 2.45) is 0 Å². The molecule has 0 bridgehead atoms. The smallest absolute Gasteiger partial charge is 0.110 e. The fourth-order valence-corrected chi connectivity index (χ4v) is 5.11. The summed E-state index contributed by atoms with van der Waals surface area (Å²) in [4.78, 5) is 0. The summed E-state index contributed by atoms with van der Waals surface area (Å²) in [5.41, 5.74) is 0. The van der Waals surface area contributed by atoms with E-state index >= 15 is 0 Å². The van der Waals surface area contributed by atoms with Gasteiger partial charge >= 0.3 is 0 Å². The minimum Gasteiger partial charge on any atom is -0.382 e. The molecule has 23 nitrogen and oxygen atoms in total. The number of methoxy groups -OCH3 is 2. The zero-order valence-corrected chi connectivity index (χ0v) is 42.2. The van der Waals surface area contributed by atoms with Crippen LogP contribution in [0, 0.1) is 0 Å². The van der Waals surface area contributed by atoms with Gasteiger partial charge in [-0.15, -0.1) is 0 Å². The lowest BCUT2D eigenvalue weighted by molar-refractivity contribution is -0.0272. The lowest BCUT2D eigenvalue weighted by Crippen LogP contribution is -2.16. The van der Waals surface area contributed by atoms with Crippen molar-refractivity contribution in [3.05, 3.63) is 0 Å². The SMILES string of the molecule is COCCOCCOCCOCCOCCOCCOCCOCCOCCOCCOCC1OC1COCCOCCOCCOCCOCCOCCOCCOCCOCCOCCOC. The van der Waals surface area contributed by atoms with Gasteiger partial charge in [-0.3, -0.25) is 0 Å². The van der Waals surface area contributed by atoms with Crippen LogP contribution in [-0.2, 0) is 109 Å². The largest absolute Gasteiger partial charge is 0.382 e. The van der Waals surface area contributed by atoms with Gasteiger partial charge in [0.15, 0.2) is 0 Å². The van der Waals surface area contributed by atoms with Gasteiger partial charge in [-0.05, 0) is 0 Å². The van der Waals surface area contributed by atoms with Crippen molar-refractivity contribution in [1.82, 2.24) is 0 Å². The Bertz CT molecular complexity index is 867. The van der Waals surface area contributed by atoms with Crippen LogP contribution in [0.25, 0.3) is 0 Å². The van der Waals surface area contributed by atoms with Crippen LogP contribution >= 0.6 is 0 Å². The van der Waals surface area contributed by atoms with Crippen LogP contribution in [0.4, 0.5) is 0 Å². The summed E-state index contributed by atoms with van der Waals surface area (Å²) in [6.45, 7) is 21.6. The summed E-state index contributed by atoms with van der Waals surface area (Å²) < 4.78 is 125. The number of rotatable bonds is 64. The molecule has 0 spiro atoms. The van der Waals surface area contributed by atoms with Gasteiger partial charge in [-0.25, -0.2) is 0 Å². The van der Waals surface area contributed by atoms with E-state index in [0.29, 0.717) is 277 Å². The molecule has 0 aromatic carbocycles. The third-order valence-electron chi connectivity index (χ3n) is 8.81. The molecule has 2 unspecified atom stereocenters. The molecule has 0 amide bonds. The van der Waals surface area contributed by atoms with Gasteiger partial charge in [0.25, 0.3) is 0 Å². The first-order valence-corrected chi connectivity index (χ1v) is 24.6. The van der Waals surface area contributed by atoms with Gasteiger partial charge < -0.3 is 109 Å². The molecule has 2 atom stereocenters. The normalized spacial score (nSPS) is 14.7. The quantitative estimate of drug-likeness (QED) is 0.0595. The molecule has 414 valence electrons. The van der Waals surface area contributed by atoms with Crippen molar-refractivity contribution < 1.29 is 109 Å². The summed E-state index contributed by atoms with van der Waals surface area (Å²) in [5, 5.41) is 0. The zero-order chi connectivity index (χ0) is 49.1. The maximum absolute atomic E-state index is 5.64. The highest BCUT2D eigenvalue weighted by Gasteiger charge is 2.38. The molecule has 0 aliphatic carbocycles. The summed E-state index contributed by atoms with van der Waals surface area (Å²) in [7, 11) is 3.29. The highest BCUT2D eigenvalue weighted by atomic mass is 16.6. The van der Waals surface area contributed by atoms with Crippen LogP contribution in [0.3, 0.4) is 0 Å². The van der Waals surface area contributed by atoms with E-state index in [9.17, 15) is 0 Å². The minimum absolute atomic E-state index is 0.0561. The Morgan fingerprint density at radius 1 is 0.174 bits per heavy atom. The third-order valence-corrected chi connectivity index (χ3v) is 8.81. The standard InChI is InChI=1S/C46H92O23/c1-47-3-5-49-7-9-51-11-13-53-15-17-55-19-21-57-23-25-59-27-29-61-31-33-63-35-37-65-39-41-67-43-45-46(69-45)44-68-42-40-66-38-36-64-34-32-62-30-28-60-26-24-58-22-20-56-18-16-54-14-12-52-10-8-50-6-4-48-2/h45-46H,3-44H2,1-2H3. The summed E-state index contributed by atoms with van der Waals surface area (Å²) in [5.74, 6) is 0. The molecular formula is C46H92O23. The Morgan fingerprint density at radius 3 is 0.420 bits per heavy atom. The molecule has 69 heavy (non-hydrogen) atoms. The summed E-state index contributed by atoms with van der Waals surface area (Å²) >= 11 is 0. The number of hydrogen-bond acceptors (Lipinski definition) is 23. The van der Waals surface area contributed by atoms with E-state index in [0.717, 1.165) is 0 Å². The van der Waals surface area contributed by atoms with Crippen LogP contribution < -0.4 is 0 Å². The van der Waals surface area contributed by atoms with Gasteiger partial charge in [0.05, 0.1) is 277 Å². The first kappa shape index (κ1) is 66.1. The third kappa shape index (κ3) is 56.2. The van der Waals surface area contributed by atoms with Crippen molar-refractivity contribution in [1.29, 1.82) is 0 Å². The monoisotopic (exact) mass is 1010 g/mol. The average Bonchev–Trinajstić information content (AvgIpc) is 4.12. The van der Waals surface area contributed by atoms with E-state index in [1.54, 1.807) is 14.2 Å². The van der Waals surface area contributed by atoms with Crippen LogP contribution in [0.15, 0.2) is 0 Å². The number of hydrogen-bond donors (Lipinski definition) is 0. The van der Waals surface area contributed by atoms with Crippen molar-refractivity contribution >= 4 is 0 Å². The Hall–Kier alpha value is -0.920. The van der Waals surface area contributed by atoms with E-state index in [1.165, 1.54) is 0 Å². The van der Waals surface area contributed by atoms with Gasteiger partial charge in [0, 0.05) is 14.2 Å². The first-order chi connectivity index (χ1) is 34.4. The van der Waals surface area contributed by atoms with Crippen LogP contribution in [-0.4, -0.2) is 304 Å². The number of epoxide rings is 1. The molecule has 1 aliphatic heterocycles. The average molecular weight is 1010 g/mol. The minimum atomic E-state index is 0.0561. The molecule has 1 aliphatic rings. The van der Waals surface area contributed by atoms with Crippen LogP contribution in [0.1, 0.15) is 0 Å². The topological polar surface area (TPSA) is 216 Å². The molecule has 1 rings (SSSR count). The molecule has 1 heterocycles. The molecule has 0 aromatic rings. The molecule has 0 radical (unpaired) electrons. The molecule has 0 aromatic heterocycles. The molecule has 0 N–H and O–H groups in total. The summed E-state index contributed by atoms with van der Waals surface area (Å²) in [6.07, 6.45) is 0.112. The van der Waals surface area contributed by atoms with E-state index in [4.69, 9.17) is 109 Å². The fourth-order valence-electron chi connectivity index (χ4n) is 5.11. The van der Waals surface area contributed by atoms with Crippen LogP contribution in [0.5, 0.6) is 0 Å². The second-order valence-corrected chi connectivity index (χ2v) is 14.4. The molecule has 1 saturated heterocycles. The van der Waals surface area contributed by atoms with Crippen molar-refractivity contribution in [3.8, 4) is 0 Å². The van der Waals surface area contributed by atoms with Crippen LogP contribution in [0.2, 0.25) is 0 Å². The Morgan fingerprint density at radius 2 is 0.290 bits per heavy atom. The predicted molar refractivity (Wildman–Crippen MR) is 249 cm³/mol. The lowest BCUT2D eigenvalue weighted by Gasteiger charge is -2.09. The first-order valence-electron chi connectivity index (χ1n) is 24.6. The van der Waals surface area contributed by atoms with Crippen molar-refractivity contribution in [3.63, 3.8) is 0 Å². The van der Waals surface area contributed by atoms with Crippen molar-refractivity contribution in [2.45, 2.75) is 12.2 Å². The molecule has 1 fully saturated rings. The second-order valence-electron chi connectivity index (χ2n) is 14.4. The summed E-state index contributed by atoms with van der Waals surface area (Å²) in [6, 6.07) is 0. The molecule has 0 saturated carbocycles. The Balaban J connectivity index is 1.62. The number of ether oxygens (including phenoxy) is 23. The van der Waals surface area contributed by atoms with Gasteiger partial charge in [0.1, 0.15) is 12.2 Å². The van der Waals surface area contributed by atoms with E-state index in [2.05, 4.69) is 0 Å². The Labute approximate surface area is 412 Å². The predicted octanol–water partition coefficient (Wildman–Crippen LogP) is 0.379. The maximum atomic E-state index is 5.64. The van der Waals surface area contributed by atoms with Crippen molar-refractivity contribution in [2.75, 3.05) is 292 Å². The lowest BCUT2D eigenvalue weighted by atomic mass is 10.3. The van der Waals surface area contributed by atoms with E-state index < -0.39 is 0 Å². The molecular weight excluding hydrogens is 920 g/mol. The zero-order valence-electron chi connectivity index (χ0n) is 42.2. The van der Waals surface area contributed by atoms with Gasteiger partial charge in [-0.1, -0.05) is 0 Å². The van der Waals surface area contributed by atoms with Gasteiger partial charge in [0.2, 0.25) is 0 Å². The van der Waals surface area contributed by atoms with E-state index in [-0.39, 0.29) is 12.2 Å². The Kier molecular flexibility index (Phi) is 57.1. The van der Waals surface area contributed by atoms with Gasteiger partial charge in [-0.2, -0.15) is 0 Å². The fraction of sp³-hybridized carbons (Fsp3) is 1.00. The highest BCUT2D eigenvalue weighted by Crippen LogP contribution is 2.22.